The maximum absolute atomic E-state index is 14.8. The standard InChI is InChI=1S/C20H18F4N4O3/c1-11-7-26-17-13(2-4-28(17)9-11)18(30)27-19(3-5-31-10-15(19)29)16-14(21)6-12(8-25-16)20(22,23)24/h2,4,6-9,15,29H,3,5,10H2,1H3,(H,27,30). The molecule has 4 heterocycles. The van der Waals surface area contributed by atoms with E-state index in [1.807, 2.05) is 6.92 Å². The summed E-state index contributed by atoms with van der Waals surface area (Å²) in [6.07, 6.45) is -0.883. The van der Waals surface area contributed by atoms with E-state index in [4.69, 9.17) is 4.74 Å². The summed E-state index contributed by atoms with van der Waals surface area (Å²) in [5, 5.41) is 13.2. The van der Waals surface area contributed by atoms with Crippen molar-refractivity contribution in [1.82, 2.24) is 19.7 Å². The van der Waals surface area contributed by atoms with Gasteiger partial charge < -0.3 is 19.6 Å². The molecule has 11 heteroatoms. The molecule has 3 aromatic rings. The van der Waals surface area contributed by atoms with Gasteiger partial charge in [-0.1, -0.05) is 0 Å². The molecular formula is C20H18F4N4O3. The summed E-state index contributed by atoms with van der Waals surface area (Å²) >= 11 is 0. The number of halogens is 4. The lowest BCUT2D eigenvalue weighted by molar-refractivity contribution is -0.138. The molecule has 4 rings (SSSR count). The predicted molar refractivity (Wildman–Crippen MR) is 99.7 cm³/mol. The zero-order valence-corrected chi connectivity index (χ0v) is 16.3. The van der Waals surface area contributed by atoms with Gasteiger partial charge >= 0.3 is 6.18 Å². The summed E-state index contributed by atoms with van der Waals surface area (Å²) in [6.45, 7) is 1.61. The molecular weight excluding hydrogens is 420 g/mol. The minimum Gasteiger partial charge on any atom is -0.388 e. The van der Waals surface area contributed by atoms with Crippen LogP contribution >= 0.6 is 0 Å². The Kier molecular flexibility index (Phi) is 5.18. The molecule has 2 atom stereocenters. The summed E-state index contributed by atoms with van der Waals surface area (Å²) in [6, 6.07) is 1.81. The molecule has 31 heavy (non-hydrogen) atoms. The molecule has 1 fully saturated rings. The van der Waals surface area contributed by atoms with Gasteiger partial charge in [0.15, 0.2) is 0 Å². The second-order valence-corrected chi connectivity index (χ2v) is 7.41. The maximum atomic E-state index is 14.8. The predicted octanol–water partition coefficient (Wildman–Crippen LogP) is 2.60. The Hall–Kier alpha value is -3.05. The molecule has 0 radical (unpaired) electrons. The lowest BCUT2D eigenvalue weighted by atomic mass is 9.82. The second-order valence-electron chi connectivity index (χ2n) is 7.41. The van der Waals surface area contributed by atoms with Crippen molar-refractivity contribution in [2.45, 2.75) is 31.2 Å². The summed E-state index contributed by atoms with van der Waals surface area (Å²) in [5.74, 6) is -1.97. The molecule has 0 saturated carbocycles. The number of rotatable bonds is 3. The SMILES string of the molecule is Cc1cnc2c(C(=O)NC3(c4ncc(C(F)(F)F)cc4F)CCOCC3O)ccn2c1. The Morgan fingerprint density at radius 1 is 1.35 bits per heavy atom. The van der Waals surface area contributed by atoms with E-state index in [0.29, 0.717) is 17.9 Å². The number of ether oxygens (including phenoxy) is 1. The number of hydrogen-bond acceptors (Lipinski definition) is 5. The number of nitrogens with one attached hydrogen (secondary N) is 1. The third kappa shape index (κ3) is 3.74. The molecule has 0 spiro atoms. The number of nitrogens with zero attached hydrogens (tertiary/aromatic N) is 3. The van der Waals surface area contributed by atoms with Gasteiger partial charge in [-0.2, -0.15) is 13.2 Å². The fraction of sp³-hybridized carbons (Fsp3) is 0.350. The van der Waals surface area contributed by atoms with E-state index in [0.717, 1.165) is 5.56 Å². The normalized spacial score (nSPS) is 21.9. The third-order valence-electron chi connectivity index (χ3n) is 5.28. The van der Waals surface area contributed by atoms with Crippen LogP contribution in [-0.4, -0.2) is 44.7 Å². The number of pyridine rings is 1. The van der Waals surface area contributed by atoms with Crippen LogP contribution < -0.4 is 5.32 Å². The van der Waals surface area contributed by atoms with Gasteiger partial charge in [0, 0.05) is 37.8 Å². The van der Waals surface area contributed by atoms with E-state index in [9.17, 15) is 27.5 Å². The summed E-state index contributed by atoms with van der Waals surface area (Å²) < 4.78 is 60.4. The van der Waals surface area contributed by atoms with Crippen molar-refractivity contribution in [3.05, 3.63) is 65.1 Å². The monoisotopic (exact) mass is 438 g/mol. The molecule has 1 amide bonds. The number of fused-ring (bicyclic) bond motifs is 1. The largest absolute Gasteiger partial charge is 0.417 e. The molecule has 2 N–H and O–H groups in total. The first-order valence-electron chi connectivity index (χ1n) is 9.37. The number of aliphatic hydroxyl groups is 1. The molecule has 0 aromatic carbocycles. The highest BCUT2D eigenvalue weighted by Gasteiger charge is 2.47. The first-order valence-corrected chi connectivity index (χ1v) is 9.37. The Morgan fingerprint density at radius 3 is 2.81 bits per heavy atom. The number of alkyl halides is 3. The number of aryl methyl sites for hydroxylation is 1. The first kappa shape index (κ1) is 21.2. The number of hydrogen-bond donors (Lipinski definition) is 2. The van der Waals surface area contributed by atoms with Gasteiger partial charge in [-0.05, 0) is 24.6 Å². The smallest absolute Gasteiger partial charge is 0.388 e. The van der Waals surface area contributed by atoms with Crippen molar-refractivity contribution < 1.29 is 32.2 Å². The van der Waals surface area contributed by atoms with Crippen LogP contribution in [0.4, 0.5) is 17.6 Å². The minimum absolute atomic E-state index is 0.0352. The Labute approximate surface area is 173 Å². The van der Waals surface area contributed by atoms with Gasteiger partial charge in [0.25, 0.3) is 5.91 Å². The highest BCUT2D eigenvalue weighted by Crippen LogP contribution is 2.36. The first-order chi connectivity index (χ1) is 14.6. The van der Waals surface area contributed by atoms with E-state index >= 15 is 0 Å². The molecule has 164 valence electrons. The van der Waals surface area contributed by atoms with Crippen LogP contribution in [0.2, 0.25) is 0 Å². The van der Waals surface area contributed by atoms with Gasteiger partial charge in [-0.3, -0.25) is 9.78 Å². The fourth-order valence-corrected chi connectivity index (χ4v) is 3.68. The number of carbonyl (C=O) groups is 1. The third-order valence-corrected chi connectivity index (χ3v) is 5.28. The topological polar surface area (TPSA) is 88.8 Å². The lowest BCUT2D eigenvalue weighted by Crippen LogP contribution is -2.59. The number of aliphatic hydroxyl groups excluding tert-OH is 1. The molecule has 7 nitrogen and oxygen atoms in total. The van der Waals surface area contributed by atoms with E-state index in [2.05, 4.69) is 15.3 Å². The zero-order chi connectivity index (χ0) is 22.4. The Bertz CT molecular complexity index is 1150. The molecule has 1 aliphatic heterocycles. The van der Waals surface area contributed by atoms with Gasteiger partial charge in [0.1, 0.15) is 28.8 Å². The van der Waals surface area contributed by atoms with Crippen molar-refractivity contribution >= 4 is 11.6 Å². The van der Waals surface area contributed by atoms with Gasteiger partial charge in [-0.25, -0.2) is 9.37 Å². The second kappa shape index (κ2) is 7.57. The van der Waals surface area contributed by atoms with Crippen molar-refractivity contribution in [3.8, 4) is 0 Å². The number of amides is 1. The van der Waals surface area contributed by atoms with Crippen LogP contribution in [0.5, 0.6) is 0 Å². The highest BCUT2D eigenvalue weighted by molar-refractivity contribution is 6.00. The van der Waals surface area contributed by atoms with E-state index in [1.54, 1.807) is 23.0 Å². The van der Waals surface area contributed by atoms with Gasteiger partial charge in [0.2, 0.25) is 0 Å². The average Bonchev–Trinajstić information content (AvgIpc) is 3.12. The van der Waals surface area contributed by atoms with Gasteiger partial charge in [-0.15, -0.1) is 0 Å². The van der Waals surface area contributed by atoms with Crippen molar-refractivity contribution in [2.75, 3.05) is 13.2 Å². The molecule has 0 aliphatic carbocycles. The van der Waals surface area contributed by atoms with E-state index < -0.39 is 40.8 Å². The van der Waals surface area contributed by atoms with Crippen LogP contribution in [0, 0.1) is 12.7 Å². The van der Waals surface area contributed by atoms with Crippen LogP contribution in [0.1, 0.15) is 33.6 Å². The van der Waals surface area contributed by atoms with Crippen LogP contribution in [0.15, 0.2) is 36.9 Å². The van der Waals surface area contributed by atoms with Crippen LogP contribution in [0.25, 0.3) is 5.65 Å². The molecule has 0 bridgehead atoms. The van der Waals surface area contributed by atoms with Crippen molar-refractivity contribution in [3.63, 3.8) is 0 Å². The summed E-state index contributed by atoms with van der Waals surface area (Å²) in [7, 11) is 0. The van der Waals surface area contributed by atoms with E-state index in [-0.39, 0.29) is 25.2 Å². The van der Waals surface area contributed by atoms with Gasteiger partial charge in [0.05, 0.1) is 17.7 Å². The molecule has 2 unspecified atom stereocenters. The minimum atomic E-state index is -4.79. The molecule has 3 aromatic heterocycles. The quantitative estimate of drug-likeness (QED) is 0.614. The number of aromatic nitrogens is 3. The average molecular weight is 438 g/mol. The van der Waals surface area contributed by atoms with Crippen LogP contribution in [0.3, 0.4) is 0 Å². The maximum Gasteiger partial charge on any atom is 0.417 e. The summed E-state index contributed by atoms with van der Waals surface area (Å²) in [5.41, 5.74) is -2.18. The van der Waals surface area contributed by atoms with E-state index in [1.165, 1.54) is 6.07 Å². The lowest BCUT2D eigenvalue weighted by Gasteiger charge is -2.41. The Morgan fingerprint density at radius 2 is 2.13 bits per heavy atom. The Balaban J connectivity index is 1.76. The highest BCUT2D eigenvalue weighted by atomic mass is 19.4. The molecule has 1 aliphatic rings. The van der Waals surface area contributed by atoms with Crippen molar-refractivity contribution in [2.24, 2.45) is 0 Å². The number of carbonyl (C=O) groups excluding carboxylic acids is 1. The molecule has 1 saturated heterocycles. The summed E-state index contributed by atoms with van der Waals surface area (Å²) in [4.78, 5) is 21.0. The van der Waals surface area contributed by atoms with Crippen molar-refractivity contribution in [1.29, 1.82) is 0 Å². The zero-order valence-electron chi connectivity index (χ0n) is 16.3. The van der Waals surface area contributed by atoms with Crippen LogP contribution in [-0.2, 0) is 16.5 Å². The fourth-order valence-electron chi connectivity index (χ4n) is 3.68.